The molecule has 0 amide bonds. The second-order valence-electron chi connectivity index (χ2n) is 8.59. The van der Waals surface area contributed by atoms with E-state index in [1.807, 2.05) is 0 Å². The van der Waals surface area contributed by atoms with Crippen LogP contribution in [0.3, 0.4) is 0 Å². The first-order valence-electron chi connectivity index (χ1n) is 12.5. The van der Waals surface area contributed by atoms with E-state index in [1.54, 1.807) is 21.3 Å². The third kappa shape index (κ3) is 16.5. The Morgan fingerprint density at radius 3 is 1.57 bits per heavy atom. The Balaban J connectivity index is 0. The number of rotatable bonds is 22. The molecule has 0 aromatic heterocycles. The topological polar surface area (TPSA) is 27.7 Å². The molecule has 0 N–H and O–H groups in total. The fourth-order valence-electron chi connectivity index (χ4n) is 4.23. The summed E-state index contributed by atoms with van der Waals surface area (Å²) in [6.07, 6.45) is 22.5. The summed E-state index contributed by atoms with van der Waals surface area (Å²) in [4.78, 5) is 0. The van der Waals surface area contributed by atoms with Crippen LogP contribution in [0.25, 0.3) is 0 Å². The molecule has 6 heteroatoms. The zero-order chi connectivity index (χ0) is 21.8. The third-order valence-corrected chi connectivity index (χ3v) is 11.9. The van der Waals surface area contributed by atoms with Crippen LogP contribution in [0.15, 0.2) is 0 Å². The normalized spacial score (nSPS) is 12.9. The molecule has 0 bridgehead atoms. The Hall–Kier alpha value is 0.817. The molecule has 0 spiro atoms. The Labute approximate surface area is 198 Å². The van der Waals surface area contributed by atoms with Crippen molar-refractivity contribution in [3.05, 3.63) is 0 Å². The first-order valence-corrected chi connectivity index (χ1v) is 16.3. The van der Waals surface area contributed by atoms with E-state index in [9.17, 15) is 0 Å². The molecule has 0 aliphatic heterocycles. The number of hydrogen-bond acceptors (Lipinski definition) is 3. The van der Waals surface area contributed by atoms with Crippen LogP contribution in [0.1, 0.15) is 104 Å². The maximum absolute atomic E-state index is 5.60. The average Bonchev–Trinajstić information content (AvgIpc) is 2.75. The van der Waals surface area contributed by atoms with Gasteiger partial charge in [-0.3, -0.25) is 0 Å². The maximum atomic E-state index is 5.60. The van der Waals surface area contributed by atoms with E-state index in [4.69, 9.17) is 13.3 Å². The molecular formula is C24H54ClO3PSi. The highest BCUT2D eigenvalue weighted by atomic mass is 35.5. The standard InChI is InChI=1S/C24H53O3PSi.ClH/c1-7-10-12-14-20-28(21-15-13-11-8-2)22-19-24(17-9-3)18-16-23-29(25-4,26-5)27-6;/h24H,7-23H2,1-6H3;1H. The first kappa shape index (κ1) is 33.0. The molecule has 0 aliphatic carbocycles. The van der Waals surface area contributed by atoms with Crippen LogP contribution in [-0.2, 0) is 13.3 Å². The van der Waals surface area contributed by atoms with E-state index in [0.29, 0.717) is 0 Å². The smallest absolute Gasteiger partial charge is 0.377 e. The lowest BCUT2D eigenvalue weighted by Gasteiger charge is -2.26. The van der Waals surface area contributed by atoms with Crippen molar-refractivity contribution in [2.75, 3.05) is 39.8 Å². The summed E-state index contributed by atoms with van der Waals surface area (Å²) in [5.74, 6) is 0.869. The molecular weight excluding hydrogens is 431 g/mol. The molecule has 0 rings (SSSR count). The van der Waals surface area contributed by atoms with Gasteiger partial charge in [-0.25, -0.2) is 0 Å². The van der Waals surface area contributed by atoms with Crippen molar-refractivity contribution in [1.82, 2.24) is 0 Å². The summed E-state index contributed by atoms with van der Waals surface area (Å²) in [5.41, 5.74) is 0. The summed E-state index contributed by atoms with van der Waals surface area (Å²) in [7, 11) is 3.04. The molecule has 0 radical (unpaired) electrons. The van der Waals surface area contributed by atoms with Crippen molar-refractivity contribution >= 4 is 29.1 Å². The second-order valence-corrected chi connectivity index (χ2v) is 14.4. The van der Waals surface area contributed by atoms with E-state index in [2.05, 4.69) is 20.8 Å². The third-order valence-electron chi connectivity index (χ3n) is 6.23. The van der Waals surface area contributed by atoms with Gasteiger partial charge in [0.1, 0.15) is 0 Å². The summed E-state index contributed by atoms with van der Waals surface area (Å²) in [5, 5.41) is 0. The molecule has 30 heavy (non-hydrogen) atoms. The predicted octanol–water partition coefficient (Wildman–Crippen LogP) is 8.52. The van der Waals surface area contributed by atoms with E-state index >= 15 is 0 Å². The highest BCUT2D eigenvalue weighted by Crippen LogP contribution is 2.41. The lowest BCUT2D eigenvalue weighted by Crippen LogP contribution is -2.42. The van der Waals surface area contributed by atoms with Crippen LogP contribution in [0.2, 0.25) is 6.04 Å². The Morgan fingerprint density at radius 2 is 1.13 bits per heavy atom. The van der Waals surface area contributed by atoms with Crippen LogP contribution in [0.5, 0.6) is 0 Å². The van der Waals surface area contributed by atoms with Gasteiger partial charge < -0.3 is 13.3 Å². The van der Waals surface area contributed by atoms with Crippen molar-refractivity contribution in [3.8, 4) is 0 Å². The molecule has 0 heterocycles. The van der Waals surface area contributed by atoms with Crippen molar-refractivity contribution < 1.29 is 13.3 Å². The summed E-state index contributed by atoms with van der Waals surface area (Å²) in [6, 6.07) is 0.944. The number of unbranched alkanes of at least 4 members (excludes halogenated alkanes) is 6. The molecule has 0 aromatic carbocycles. The monoisotopic (exact) mass is 484 g/mol. The molecule has 1 unspecified atom stereocenters. The largest absolute Gasteiger partial charge is 0.500 e. The van der Waals surface area contributed by atoms with Gasteiger partial charge in [0.2, 0.25) is 0 Å². The van der Waals surface area contributed by atoms with E-state index in [-0.39, 0.29) is 20.3 Å². The van der Waals surface area contributed by atoms with Gasteiger partial charge in [0, 0.05) is 27.4 Å². The molecule has 0 aromatic rings. The minimum atomic E-state index is -2.40. The SMILES string of the molecule is CCCCCCP(CCCCCC)CCC(CCC)CCC[Si](OC)(OC)OC.Cl. The molecule has 0 saturated heterocycles. The summed E-state index contributed by atoms with van der Waals surface area (Å²) < 4.78 is 16.8. The quantitative estimate of drug-likeness (QED) is 0.0874. The van der Waals surface area contributed by atoms with Gasteiger partial charge >= 0.3 is 8.80 Å². The zero-order valence-corrected chi connectivity index (χ0v) is 23.9. The van der Waals surface area contributed by atoms with E-state index in [0.717, 1.165) is 18.4 Å². The van der Waals surface area contributed by atoms with Crippen LogP contribution in [0, 0.1) is 5.92 Å². The minimum absolute atomic E-state index is 0. The summed E-state index contributed by atoms with van der Waals surface area (Å²) >= 11 is 0. The first-order chi connectivity index (χ1) is 14.1. The van der Waals surface area contributed by atoms with Crippen LogP contribution >= 0.6 is 20.3 Å². The van der Waals surface area contributed by atoms with Gasteiger partial charge in [0.15, 0.2) is 0 Å². The van der Waals surface area contributed by atoms with Crippen LogP contribution in [-0.4, -0.2) is 48.6 Å². The molecule has 3 nitrogen and oxygen atoms in total. The van der Waals surface area contributed by atoms with Gasteiger partial charge in [0.25, 0.3) is 0 Å². The number of halogens is 1. The van der Waals surface area contributed by atoms with Crippen molar-refractivity contribution in [3.63, 3.8) is 0 Å². The van der Waals surface area contributed by atoms with Gasteiger partial charge in [0.05, 0.1) is 0 Å². The number of hydrogen-bond donors (Lipinski definition) is 0. The highest BCUT2D eigenvalue weighted by Gasteiger charge is 2.37. The average molecular weight is 485 g/mol. The van der Waals surface area contributed by atoms with Crippen molar-refractivity contribution in [2.45, 2.75) is 110 Å². The molecule has 184 valence electrons. The Bertz CT molecular complexity index is 326. The van der Waals surface area contributed by atoms with Crippen molar-refractivity contribution in [1.29, 1.82) is 0 Å². The zero-order valence-electron chi connectivity index (χ0n) is 21.2. The molecule has 0 aliphatic rings. The molecule has 1 atom stereocenters. The van der Waals surface area contributed by atoms with E-state index in [1.165, 1.54) is 95.5 Å². The van der Waals surface area contributed by atoms with Gasteiger partial charge in [-0.2, -0.15) is 0 Å². The van der Waals surface area contributed by atoms with Crippen molar-refractivity contribution in [2.24, 2.45) is 5.92 Å². The lowest BCUT2D eigenvalue weighted by atomic mass is 9.96. The fraction of sp³-hybridized carbons (Fsp3) is 1.00. The fourth-order valence-corrected chi connectivity index (χ4v) is 8.72. The Kier molecular flexibility index (Phi) is 25.3. The summed E-state index contributed by atoms with van der Waals surface area (Å²) in [6.45, 7) is 6.97. The van der Waals surface area contributed by atoms with Gasteiger partial charge in [-0.05, 0) is 50.1 Å². The van der Waals surface area contributed by atoms with Crippen LogP contribution < -0.4 is 0 Å². The lowest BCUT2D eigenvalue weighted by molar-refractivity contribution is 0.122. The Morgan fingerprint density at radius 1 is 0.600 bits per heavy atom. The van der Waals surface area contributed by atoms with Gasteiger partial charge in [-0.15, -0.1) is 20.3 Å². The maximum Gasteiger partial charge on any atom is 0.500 e. The van der Waals surface area contributed by atoms with E-state index < -0.39 is 8.80 Å². The van der Waals surface area contributed by atoms with Crippen LogP contribution in [0.4, 0.5) is 0 Å². The molecule has 0 fully saturated rings. The molecule has 0 saturated carbocycles. The minimum Gasteiger partial charge on any atom is -0.377 e. The second kappa shape index (κ2) is 23.0. The highest BCUT2D eigenvalue weighted by molar-refractivity contribution is 7.57. The predicted molar refractivity (Wildman–Crippen MR) is 141 cm³/mol. The van der Waals surface area contributed by atoms with Gasteiger partial charge in [-0.1, -0.05) is 78.6 Å².